The molecule has 0 saturated carbocycles. The Kier molecular flexibility index (Phi) is 5.96. The average molecular weight is 419 g/mol. The number of nitrogens with zero attached hydrogens (tertiary/aromatic N) is 4. The van der Waals surface area contributed by atoms with Gasteiger partial charge in [-0.3, -0.25) is 4.79 Å². The molecule has 154 valence electrons. The maximum atomic E-state index is 13.6. The van der Waals surface area contributed by atoms with Crippen LogP contribution in [0, 0.1) is 17.1 Å². The molecule has 0 spiro atoms. The van der Waals surface area contributed by atoms with Crippen molar-refractivity contribution in [3.63, 3.8) is 0 Å². The van der Waals surface area contributed by atoms with Crippen LogP contribution in [0.3, 0.4) is 0 Å². The van der Waals surface area contributed by atoms with E-state index in [2.05, 4.69) is 15.6 Å². The molecule has 0 bridgehead atoms. The first-order chi connectivity index (χ1) is 14.3. The van der Waals surface area contributed by atoms with Crippen LogP contribution in [-0.2, 0) is 12.7 Å². The van der Waals surface area contributed by atoms with Gasteiger partial charge in [-0.1, -0.05) is 23.4 Å². The Morgan fingerprint density at radius 3 is 2.67 bits per heavy atom. The van der Waals surface area contributed by atoms with E-state index < -0.39 is 29.3 Å². The summed E-state index contributed by atoms with van der Waals surface area (Å²) in [6.07, 6.45) is -4.96. The van der Waals surface area contributed by atoms with Gasteiger partial charge < -0.3 is 10.1 Å². The second-order valence-electron chi connectivity index (χ2n) is 5.95. The van der Waals surface area contributed by atoms with Gasteiger partial charge in [0, 0.05) is 6.54 Å². The van der Waals surface area contributed by atoms with Gasteiger partial charge in [0.2, 0.25) is 0 Å². The number of hydrogen-bond donors (Lipinski definition) is 1. The fraction of sp³-hybridized carbons (Fsp3) is 0.158. The average Bonchev–Trinajstić information content (AvgIpc) is 3.17. The normalized spacial score (nSPS) is 11.0. The number of carbonyl (C=O) groups is 1. The van der Waals surface area contributed by atoms with Crippen LogP contribution in [0.15, 0.2) is 48.5 Å². The van der Waals surface area contributed by atoms with Gasteiger partial charge in [-0.2, -0.15) is 18.4 Å². The van der Waals surface area contributed by atoms with Crippen molar-refractivity contribution in [1.29, 1.82) is 5.26 Å². The van der Waals surface area contributed by atoms with Crippen LogP contribution in [0.5, 0.6) is 5.75 Å². The predicted octanol–water partition coefficient (Wildman–Crippen LogP) is 3.26. The molecular formula is C19H13F4N5O2. The Hall–Kier alpha value is -3.94. The lowest BCUT2D eigenvalue weighted by molar-refractivity contribution is -0.143. The number of amides is 1. The van der Waals surface area contributed by atoms with Gasteiger partial charge >= 0.3 is 6.18 Å². The zero-order chi connectivity index (χ0) is 21.7. The number of hydrogen-bond acceptors (Lipinski definition) is 5. The van der Waals surface area contributed by atoms with Crippen molar-refractivity contribution in [2.45, 2.75) is 12.7 Å². The highest BCUT2D eigenvalue weighted by molar-refractivity contribution is 5.93. The molecule has 0 aliphatic heterocycles. The highest BCUT2D eigenvalue weighted by atomic mass is 19.4. The lowest BCUT2D eigenvalue weighted by Crippen LogP contribution is -2.27. The molecule has 1 amide bonds. The van der Waals surface area contributed by atoms with Crippen LogP contribution in [0.4, 0.5) is 17.6 Å². The first-order valence-corrected chi connectivity index (χ1v) is 8.45. The monoisotopic (exact) mass is 419 g/mol. The molecule has 0 saturated heterocycles. The molecule has 0 aliphatic carbocycles. The van der Waals surface area contributed by atoms with Gasteiger partial charge in [-0.05, 0) is 35.9 Å². The highest BCUT2D eigenvalue weighted by Gasteiger charge is 2.42. The van der Waals surface area contributed by atoms with Crippen molar-refractivity contribution in [3.8, 4) is 17.5 Å². The van der Waals surface area contributed by atoms with E-state index in [-0.39, 0.29) is 18.8 Å². The minimum atomic E-state index is -4.96. The van der Waals surface area contributed by atoms with Crippen molar-refractivity contribution in [3.05, 3.63) is 71.3 Å². The lowest BCUT2D eigenvalue weighted by Gasteiger charge is -2.11. The smallest absolute Gasteiger partial charge is 0.435 e. The molecule has 11 heteroatoms. The molecule has 30 heavy (non-hydrogen) atoms. The molecule has 7 nitrogen and oxygen atoms in total. The second-order valence-corrected chi connectivity index (χ2v) is 5.95. The molecule has 3 rings (SSSR count). The third kappa shape index (κ3) is 4.72. The van der Waals surface area contributed by atoms with Crippen LogP contribution in [-0.4, -0.2) is 27.5 Å². The van der Waals surface area contributed by atoms with Crippen LogP contribution in [0.1, 0.15) is 21.7 Å². The van der Waals surface area contributed by atoms with Gasteiger partial charge in [-0.15, -0.1) is 5.10 Å². The van der Waals surface area contributed by atoms with Crippen molar-refractivity contribution >= 4 is 5.91 Å². The van der Waals surface area contributed by atoms with Gasteiger partial charge in [0.25, 0.3) is 5.91 Å². The van der Waals surface area contributed by atoms with Gasteiger partial charge in [0.1, 0.15) is 17.6 Å². The molecule has 0 aliphatic rings. The van der Waals surface area contributed by atoms with Crippen molar-refractivity contribution in [2.75, 3.05) is 6.61 Å². The summed E-state index contributed by atoms with van der Waals surface area (Å²) in [4.78, 5) is 12.4. The predicted molar refractivity (Wildman–Crippen MR) is 95.0 cm³/mol. The van der Waals surface area contributed by atoms with Crippen molar-refractivity contribution in [1.82, 2.24) is 20.3 Å². The van der Waals surface area contributed by atoms with E-state index >= 15 is 0 Å². The Bertz CT molecular complexity index is 1100. The number of aromatic nitrogens is 3. The first-order valence-electron chi connectivity index (χ1n) is 8.45. The Morgan fingerprint density at radius 1 is 1.20 bits per heavy atom. The maximum absolute atomic E-state index is 13.6. The van der Waals surface area contributed by atoms with Gasteiger partial charge in [0.05, 0.1) is 5.69 Å². The lowest BCUT2D eigenvalue weighted by atomic mass is 10.2. The van der Waals surface area contributed by atoms with E-state index in [1.54, 1.807) is 18.2 Å². The molecule has 2 aromatic carbocycles. The zero-order valence-electron chi connectivity index (χ0n) is 15.2. The third-order valence-electron chi connectivity index (χ3n) is 3.86. The standard InChI is InChI=1S/C19H13F4N5O2/c20-13-4-2-5-14(10-13)28-17(19(21,22)23)16(26-27-28)18(29)25-11-12-3-1-6-15(9-12)30-8-7-24/h1-6,9-10H,8,11H2,(H,25,29). The minimum absolute atomic E-state index is 0.118. The number of halogens is 4. The van der Waals surface area contributed by atoms with Crippen molar-refractivity contribution in [2.24, 2.45) is 0 Å². The van der Waals surface area contributed by atoms with E-state index in [1.165, 1.54) is 18.2 Å². The van der Waals surface area contributed by atoms with Crippen molar-refractivity contribution < 1.29 is 27.1 Å². The Morgan fingerprint density at radius 2 is 1.97 bits per heavy atom. The molecule has 1 heterocycles. The molecule has 1 N–H and O–H groups in total. The second kappa shape index (κ2) is 8.60. The molecule has 3 aromatic rings. The summed E-state index contributed by atoms with van der Waals surface area (Å²) in [5.74, 6) is -1.50. The first kappa shape index (κ1) is 20.8. The summed E-state index contributed by atoms with van der Waals surface area (Å²) in [5, 5.41) is 17.6. The number of ether oxygens (including phenoxy) is 1. The largest absolute Gasteiger partial charge is 0.479 e. The van der Waals surface area contributed by atoms with Gasteiger partial charge in [-0.25, -0.2) is 9.07 Å². The molecule has 0 unspecified atom stereocenters. The molecule has 0 radical (unpaired) electrons. The number of carbonyl (C=O) groups excluding carboxylic acids is 1. The fourth-order valence-electron chi connectivity index (χ4n) is 2.60. The van der Waals surface area contributed by atoms with Crippen LogP contribution < -0.4 is 10.1 Å². The summed E-state index contributed by atoms with van der Waals surface area (Å²) in [5.41, 5.74) is -2.05. The summed E-state index contributed by atoms with van der Waals surface area (Å²) in [7, 11) is 0. The third-order valence-corrected chi connectivity index (χ3v) is 3.86. The molecule has 1 aromatic heterocycles. The topological polar surface area (TPSA) is 92.8 Å². The fourth-order valence-corrected chi connectivity index (χ4v) is 2.60. The molecule has 0 atom stereocenters. The van der Waals surface area contributed by atoms with E-state index in [9.17, 15) is 22.4 Å². The van der Waals surface area contributed by atoms with E-state index in [4.69, 9.17) is 10.00 Å². The molecule has 0 fully saturated rings. The minimum Gasteiger partial charge on any atom is -0.479 e. The number of alkyl halides is 3. The quantitative estimate of drug-likeness (QED) is 0.619. The summed E-state index contributed by atoms with van der Waals surface area (Å²) in [6.45, 7) is -0.291. The number of nitrogens with one attached hydrogen (secondary N) is 1. The van der Waals surface area contributed by atoms with E-state index in [1.807, 2.05) is 6.07 Å². The van der Waals surface area contributed by atoms with E-state index in [0.717, 1.165) is 12.1 Å². The number of rotatable bonds is 6. The summed E-state index contributed by atoms with van der Waals surface area (Å²) < 4.78 is 59.7. The van der Waals surface area contributed by atoms with Crippen LogP contribution in [0.2, 0.25) is 0 Å². The summed E-state index contributed by atoms with van der Waals surface area (Å²) in [6, 6.07) is 12.5. The summed E-state index contributed by atoms with van der Waals surface area (Å²) >= 11 is 0. The zero-order valence-corrected chi connectivity index (χ0v) is 15.2. The Balaban J connectivity index is 1.84. The van der Waals surface area contributed by atoms with E-state index in [0.29, 0.717) is 16.0 Å². The number of benzene rings is 2. The Labute approximate surface area is 167 Å². The maximum Gasteiger partial charge on any atom is 0.435 e. The van der Waals surface area contributed by atoms with Crippen LogP contribution >= 0.6 is 0 Å². The highest BCUT2D eigenvalue weighted by Crippen LogP contribution is 2.32. The SMILES string of the molecule is N#CCOc1cccc(CNC(=O)c2nnn(-c3cccc(F)c3)c2C(F)(F)F)c1. The number of nitriles is 1. The van der Waals surface area contributed by atoms with Crippen LogP contribution in [0.25, 0.3) is 5.69 Å². The molecular weight excluding hydrogens is 406 g/mol. The van der Waals surface area contributed by atoms with Gasteiger partial charge in [0.15, 0.2) is 18.0 Å².